The predicted molar refractivity (Wildman–Crippen MR) is 146 cm³/mol. The zero-order valence-electron chi connectivity index (χ0n) is 21.6. The molecule has 3 aliphatic heterocycles. The van der Waals surface area contributed by atoms with Gasteiger partial charge in [-0.3, -0.25) is 24.5 Å². The number of hydrogen-bond acceptors (Lipinski definition) is 7. The van der Waals surface area contributed by atoms with E-state index in [1.807, 2.05) is 30.3 Å². The second kappa shape index (κ2) is 10.9. The Morgan fingerprint density at radius 1 is 1.07 bits per heavy atom. The monoisotopic (exact) mass is 606 g/mol. The number of rotatable bonds is 6. The quantitative estimate of drug-likeness (QED) is 0.422. The van der Waals surface area contributed by atoms with E-state index in [1.165, 1.54) is 4.90 Å². The molecule has 10 nitrogen and oxygen atoms in total. The van der Waals surface area contributed by atoms with Gasteiger partial charge in [0.15, 0.2) is 11.5 Å². The molecule has 206 valence electrons. The van der Waals surface area contributed by atoms with Crippen molar-refractivity contribution in [2.75, 3.05) is 13.2 Å². The molecule has 1 unspecified atom stereocenters. The van der Waals surface area contributed by atoms with E-state index in [1.54, 1.807) is 23.1 Å². The van der Waals surface area contributed by atoms with Gasteiger partial charge in [-0.15, -0.1) is 0 Å². The number of aromatic nitrogens is 1. The highest BCUT2D eigenvalue weighted by Gasteiger charge is 2.39. The number of carbonyl (C=O) groups is 4. The van der Waals surface area contributed by atoms with Gasteiger partial charge in [0.1, 0.15) is 18.4 Å². The van der Waals surface area contributed by atoms with Gasteiger partial charge in [0.25, 0.3) is 11.8 Å². The first kappa shape index (κ1) is 26.2. The standard InChI is InChI=1S/C29H27BrN4O6/c30-19-6-4-17(5-7-19)25-14-23(32-40-25)29(38)33-12-2-1-3-20(33)16-39-21-8-9-22-18(13-21)15-34(28(22)37)24-10-11-26(35)31-27(24)36/h4-9,13-14,20,24H,1-3,10-12,15-16H2,(H,31,35,36)/t20-,24?/m0/s1. The predicted octanol–water partition coefficient (Wildman–Crippen LogP) is 3.94. The van der Waals surface area contributed by atoms with Gasteiger partial charge in [-0.25, -0.2) is 0 Å². The summed E-state index contributed by atoms with van der Waals surface area (Å²) in [5.74, 6) is -0.0553. The van der Waals surface area contributed by atoms with Crippen LogP contribution < -0.4 is 10.1 Å². The first-order valence-corrected chi connectivity index (χ1v) is 14.1. The highest BCUT2D eigenvalue weighted by Crippen LogP contribution is 2.31. The molecule has 4 heterocycles. The minimum Gasteiger partial charge on any atom is -0.491 e. The summed E-state index contributed by atoms with van der Waals surface area (Å²) in [4.78, 5) is 53.5. The molecule has 0 bridgehead atoms. The lowest BCUT2D eigenvalue weighted by atomic mass is 10.0. The molecule has 0 aliphatic carbocycles. The normalized spacial score (nSPS) is 20.9. The number of ether oxygens (including phenoxy) is 1. The lowest BCUT2D eigenvalue weighted by Crippen LogP contribution is -2.52. The Bertz CT molecular complexity index is 1490. The van der Waals surface area contributed by atoms with Gasteiger partial charge >= 0.3 is 0 Å². The van der Waals surface area contributed by atoms with Gasteiger partial charge in [0.2, 0.25) is 11.8 Å². The molecule has 0 saturated carbocycles. The molecule has 3 aromatic rings. The average molecular weight is 607 g/mol. The van der Waals surface area contributed by atoms with Crippen molar-refractivity contribution in [3.63, 3.8) is 0 Å². The molecular weight excluding hydrogens is 580 g/mol. The summed E-state index contributed by atoms with van der Waals surface area (Å²) in [6.45, 7) is 1.18. The van der Waals surface area contributed by atoms with Crippen LogP contribution in [-0.4, -0.2) is 63.8 Å². The Kier molecular flexibility index (Phi) is 7.14. The molecule has 2 aromatic carbocycles. The number of amides is 4. The molecule has 11 heteroatoms. The van der Waals surface area contributed by atoms with Crippen molar-refractivity contribution in [1.82, 2.24) is 20.3 Å². The van der Waals surface area contributed by atoms with Crippen molar-refractivity contribution in [2.45, 2.75) is 50.7 Å². The number of hydrogen-bond donors (Lipinski definition) is 1. The Labute approximate surface area is 238 Å². The fourth-order valence-corrected chi connectivity index (χ4v) is 5.81. The van der Waals surface area contributed by atoms with Crippen LogP contribution in [0.5, 0.6) is 5.75 Å². The molecule has 1 N–H and O–H groups in total. The van der Waals surface area contributed by atoms with Gasteiger partial charge in [0.05, 0.1) is 6.04 Å². The van der Waals surface area contributed by atoms with E-state index in [9.17, 15) is 19.2 Å². The number of piperidine rings is 2. The summed E-state index contributed by atoms with van der Waals surface area (Å²) in [6, 6.07) is 13.7. The third kappa shape index (κ3) is 5.13. The highest BCUT2D eigenvalue weighted by molar-refractivity contribution is 9.10. The smallest absolute Gasteiger partial charge is 0.276 e. The Morgan fingerprint density at radius 3 is 2.70 bits per heavy atom. The van der Waals surface area contributed by atoms with Crippen LogP contribution in [0.15, 0.2) is 57.5 Å². The SMILES string of the molecule is O=C1CCC(N2Cc3cc(OC[C@@H]4CCCCN4C(=O)c4cc(-c5ccc(Br)cc5)on4)ccc3C2=O)C(=O)N1. The van der Waals surface area contributed by atoms with Crippen molar-refractivity contribution < 1.29 is 28.4 Å². The van der Waals surface area contributed by atoms with E-state index < -0.39 is 11.9 Å². The van der Waals surface area contributed by atoms with Gasteiger partial charge in [-0.1, -0.05) is 33.2 Å². The maximum Gasteiger partial charge on any atom is 0.276 e. The molecule has 2 saturated heterocycles. The molecule has 6 rings (SSSR count). The number of benzene rings is 2. The van der Waals surface area contributed by atoms with Crippen LogP contribution in [0, 0.1) is 0 Å². The highest BCUT2D eigenvalue weighted by atomic mass is 79.9. The van der Waals surface area contributed by atoms with Crippen molar-refractivity contribution in [1.29, 1.82) is 0 Å². The first-order chi connectivity index (χ1) is 19.4. The molecule has 3 aliphatic rings. The van der Waals surface area contributed by atoms with E-state index in [2.05, 4.69) is 26.4 Å². The second-order valence-electron chi connectivity index (χ2n) is 10.3. The van der Waals surface area contributed by atoms with Gasteiger partial charge in [-0.05, 0) is 61.6 Å². The van der Waals surface area contributed by atoms with E-state index in [0.717, 1.165) is 34.9 Å². The summed E-state index contributed by atoms with van der Waals surface area (Å²) in [6.07, 6.45) is 3.21. The summed E-state index contributed by atoms with van der Waals surface area (Å²) in [5, 5.41) is 6.36. The minimum absolute atomic E-state index is 0.135. The summed E-state index contributed by atoms with van der Waals surface area (Å²) in [5.41, 5.74) is 2.39. The molecule has 0 spiro atoms. The topological polar surface area (TPSA) is 122 Å². The van der Waals surface area contributed by atoms with Crippen LogP contribution in [-0.2, 0) is 16.1 Å². The van der Waals surface area contributed by atoms with Crippen molar-refractivity contribution >= 4 is 39.6 Å². The molecule has 4 amide bonds. The third-order valence-electron chi connectivity index (χ3n) is 7.68. The van der Waals surface area contributed by atoms with Gasteiger partial charge < -0.3 is 19.1 Å². The first-order valence-electron chi connectivity index (χ1n) is 13.3. The fraction of sp³-hybridized carbons (Fsp3) is 0.345. The zero-order valence-corrected chi connectivity index (χ0v) is 23.2. The van der Waals surface area contributed by atoms with Crippen molar-refractivity contribution in [3.05, 3.63) is 69.8 Å². The number of nitrogens with one attached hydrogen (secondary N) is 1. The number of imide groups is 1. The molecule has 2 fully saturated rings. The lowest BCUT2D eigenvalue weighted by Gasteiger charge is -2.35. The summed E-state index contributed by atoms with van der Waals surface area (Å²) in [7, 11) is 0. The van der Waals surface area contributed by atoms with E-state index in [4.69, 9.17) is 9.26 Å². The van der Waals surface area contributed by atoms with E-state index in [0.29, 0.717) is 36.6 Å². The van der Waals surface area contributed by atoms with E-state index in [-0.39, 0.29) is 42.4 Å². The van der Waals surface area contributed by atoms with Crippen LogP contribution in [0.25, 0.3) is 11.3 Å². The molecule has 2 atom stereocenters. The lowest BCUT2D eigenvalue weighted by molar-refractivity contribution is -0.136. The molecule has 1 aromatic heterocycles. The largest absolute Gasteiger partial charge is 0.491 e. The minimum atomic E-state index is -0.662. The third-order valence-corrected chi connectivity index (χ3v) is 8.21. The van der Waals surface area contributed by atoms with Gasteiger partial charge in [-0.2, -0.15) is 0 Å². The summed E-state index contributed by atoms with van der Waals surface area (Å²) >= 11 is 3.42. The van der Waals surface area contributed by atoms with Gasteiger partial charge in [0, 0.05) is 41.2 Å². The molecule has 0 radical (unpaired) electrons. The maximum absolute atomic E-state index is 13.4. The van der Waals surface area contributed by atoms with Crippen LogP contribution >= 0.6 is 15.9 Å². The Hall–Kier alpha value is -3.99. The number of halogens is 1. The molecule has 40 heavy (non-hydrogen) atoms. The second-order valence-corrected chi connectivity index (χ2v) is 11.2. The maximum atomic E-state index is 13.4. The van der Waals surface area contributed by atoms with Crippen LogP contribution in [0.2, 0.25) is 0 Å². The number of fused-ring (bicyclic) bond motifs is 1. The Balaban J connectivity index is 1.11. The molecular formula is C29H27BrN4O6. The summed E-state index contributed by atoms with van der Waals surface area (Å²) < 4.78 is 12.5. The van der Waals surface area contributed by atoms with Crippen LogP contribution in [0.4, 0.5) is 0 Å². The number of likely N-dealkylation sites (tertiary alicyclic amines) is 1. The number of carbonyl (C=O) groups excluding carboxylic acids is 4. The van der Waals surface area contributed by atoms with E-state index >= 15 is 0 Å². The fourth-order valence-electron chi connectivity index (χ4n) is 5.55. The Morgan fingerprint density at radius 2 is 1.90 bits per heavy atom. The van der Waals surface area contributed by atoms with Crippen molar-refractivity contribution in [2.24, 2.45) is 0 Å². The zero-order chi connectivity index (χ0) is 27.8. The van der Waals surface area contributed by atoms with Crippen LogP contribution in [0.1, 0.15) is 58.5 Å². The van der Waals surface area contributed by atoms with Crippen molar-refractivity contribution in [3.8, 4) is 17.1 Å². The average Bonchev–Trinajstić information content (AvgIpc) is 3.57. The van der Waals surface area contributed by atoms with Crippen LogP contribution in [0.3, 0.4) is 0 Å². The number of nitrogens with zero attached hydrogens (tertiary/aromatic N) is 3.